The molecule has 2 aromatic heterocycles. The average Bonchev–Trinajstić information content (AvgIpc) is 3.07. The van der Waals surface area contributed by atoms with Crippen molar-refractivity contribution in [3.05, 3.63) is 82.0 Å². The minimum atomic E-state index is -0.424. The Morgan fingerprint density at radius 1 is 1.09 bits per heavy atom. The fraction of sp³-hybridized carbons (Fsp3) is 0.174. The fourth-order valence-corrected chi connectivity index (χ4v) is 4.15. The zero-order valence-corrected chi connectivity index (χ0v) is 18.6. The Hall–Kier alpha value is -3.72. The van der Waals surface area contributed by atoms with Crippen molar-refractivity contribution >= 4 is 34.8 Å². The molecule has 0 unspecified atom stereocenters. The van der Waals surface area contributed by atoms with E-state index in [1.165, 1.54) is 34.8 Å². The van der Waals surface area contributed by atoms with Crippen molar-refractivity contribution in [1.29, 1.82) is 0 Å². The third-order valence-corrected chi connectivity index (χ3v) is 6.03. The molecule has 2 heterocycles. The average molecular weight is 448 g/mol. The topological polar surface area (TPSA) is 98.4 Å². The largest absolute Gasteiger partial charge is 0.350 e. The minimum absolute atomic E-state index is 0.0535. The number of Topliss-reactive ketones (excluding diaryl/α,β-unsaturated/α-hetero) is 1. The lowest BCUT2D eigenvalue weighted by Gasteiger charge is -2.06. The second-order valence-corrected chi connectivity index (χ2v) is 8.45. The van der Waals surface area contributed by atoms with E-state index < -0.39 is 11.6 Å². The first-order valence-corrected chi connectivity index (χ1v) is 10.7. The Bertz CT molecular complexity index is 1390. The van der Waals surface area contributed by atoms with Crippen molar-refractivity contribution in [2.75, 3.05) is 5.32 Å². The number of fused-ring (bicyclic) bond motifs is 1. The molecule has 0 aliphatic heterocycles. The van der Waals surface area contributed by atoms with Gasteiger partial charge in [-0.25, -0.2) is 18.9 Å². The zero-order chi connectivity index (χ0) is 22.8. The van der Waals surface area contributed by atoms with Crippen molar-refractivity contribution in [2.45, 2.75) is 37.2 Å². The summed E-state index contributed by atoms with van der Waals surface area (Å²) in [5.74, 6) is -0.454. The van der Waals surface area contributed by atoms with Gasteiger partial charge in [-0.1, -0.05) is 29.5 Å². The van der Waals surface area contributed by atoms with Gasteiger partial charge in [0.25, 0.3) is 0 Å². The second-order valence-electron chi connectivity index (χ2n) is 7.42. The summed E-state index contributed by atoms with van der Waals surface area (Å²) < 4.78 is 2.50. The van der Waals surface area contributed by atoms with Crippen LogP contribution in [0.5, 0.6) is 0 Å². The second kappa shape index (κ2) is 8.80. The van der Waals surface area contributed by atoms with E-state index in [4.69, 9.17) is 0 Å². The Morgan fingerprint density at radius 3 is 2.53 bits per heavy atom. The number of nitrogens with zero attached hydrogens (tertiary/aromatic N) is 4. The highest BCUT2D eigenvalue weighted by Crippen LogP contribution is 2.31. The van der Waals surface area contributed by atoms with Crippen molar-refractivity contribution in [2.24, 2.45) is 0 Å². The molecule has 0 radical (unpaired) electrons. The summed E-state index contributed by atoms with van der Waals surface area (Å²) in [7, 11) is 0. The van der Waals surface area contributed by atoms with E-state index in [9.17, 15) is 14.4 Å². The van der Waals surface area contributed by atoms with Crippen molar-refractivity contribution in [3.8, 4) is 0 Å². The molecule has 4 rings (SSSR count). The standard InChI is InChI=1S/C23H21N5O3S/c1-14-4-9-19(15(2)12-14)32-22-21-26-28(23(31)27(21)11-10-24-22)13-20(30)25-18-7-5-17(6-8-18)16(3)29/h4-12H,13H2,1-3H3,(H,25,30). The molecule has 0 fully saturated rings. The SMILES string of the molecule is CC(=O)c1ccc(NC(=O)Cn2nc3c(Sc4ccc(C)cc4C)nccn3c2=O)cc1. The molecule has 162 valence electrons. The van der Waals surface area contributed by atoms with E-state index in [0.717, 1.165) is 15.1 Å². The number of anilines is 1. The summed E-state index contributed by atoms with van der Waals surface area (Å²) in [6, 6.07) is 12.7. The van der Waals surface area contributed by atoms with Crippen LogP contribution < -0.4 is 11.0 Å². The van der Waals surface area contributed by atoms with Crippen LogP contribution in [0.25, 0.3) is 5.65 Å². The molecule has 0 saturated heterocycles. The van der Waals surface area contributed by atoms with Gasteiger partial charge in [0.2, 0.25) is 5.91 Å². The maximum absolute atomic E-state index is 12.8. The molecule has 0 saturated carbocycles. The third kappa shape index (κ3) is 4.47. The number of nitrogens with one attached hydrogen (secondary N) is 1. The summed E-state index contributed by atoms with van der Waals surface area (Å²) in [6.07, 6.45) is 3.08. The minimum Gasteiger partial charge on any atom is -0.324 e. The molecular formula is C23H21N5O3S. The van der Waals surface area contributed by atoms with E-state index in [2.05, 4.69) is 21.5 Å². The van der Waals surface area contributed by atoms with Gasteiger partial charge >= 0.3 is 5.69 Å². The van der Waals surface area contributed by atoms with Crippen molar-refractivity contribution in [3.63, 3.8) is 0 Å². The van der Waals surface area contributed by atoms with Crippen LogP contribution in [0.2, 0.25) is 0 Å². The first kappa shape index (κ1) is 21.5. The Balaban J connectivity index is 1.56. The highest BCUT2D eigenvalue weighted by Gasteiger charge is 2.16. The first-order chi connectivity index (χ1) is 15.3. The van der Waals surface area contributed by atoms with Gasteiger partial charge in [-0.05, 0) is 56.7 Å². The van der Waals surface area contributed by atoms with Gasteiger partial charge in [0, 0.05) is 28.5 Å². The van der Waals surface area contributed by atoms with Gasteiger partial charge in [0.15, 0.2) is 11.4 Å². The number of aromatic nitrogens is 4. The molecule has 0 aliphatic carbocycles. The maximum Gasteiger partial charge on any atom is 0.350 e. The molecule has 0 aliphatic rings. The number of benzene rings is 2. The first-order valence-electron chi connectivity index (χ1n) is 9.92. The summed E-state index contributed by atoms with van der Waals surface area (Å²) in [6.45, 7) is 5.28. The van der Waals surface area contributed by atoms with E-state index in [1.54, 1.807) is 30.5 Å². The van der Waals surface area contributed by atoms with Gasteiger partial charge in [-0.2, -0.15) is 0 Å². The number of aryl methyl sites for hydroxylation is 2. The van der Waals surface area contributed by atoms with Crippen LogP contribution in [0.15, 0.2) is 69.6 Å². The summed E-state index contributed by atoms with van der Waals surface area (Å²) in [4.78, 5) is 42.0. The molecular weight excluding hydrogens is 426 g/mol. The summed E-state index contributed by atoms with van der Waals surface area (Å²) in [5.41, 5.74) is 3.33. The molecule has 2 aromatic carbocycles. The third-order valence-electron chi connectivity index (χ3n) is 4.87. The summed E-state index contributed by atoms with van der Waals surface area (Å²) in [5, 5.41) is 7.65. The smallest absolute Gasteiger partial charge is 0.324 e. The number of hydrogen-bond acceptors (Lipinski definition) is 6. The number of carbonyl (C=O) groups is 2. The van der Waals surface area contributed by atoms with E-state index >= 15 is 0 Å². The van der Waals surface area contributed by atoms with Crippen LogP contribution >= 0.6 is 11.8 Å². The maximum atomic E-state index is 12.8. The van der Waals surface area contributed by atoms with Crippen LogP contribution in [-0.4, -0.2) is 30.9 Å². The van der Waals surface area contributed by atoms with Crippen LogP contribution in [-0.2, 0) is 11.3 Å². The molecule has 0 spiro atoms. The zero-order valence-electron chi connectivity index (χ0n) is 17.8. The lowest BCUT2D eigenvalue weighted by Crippen LogP contribution is -2.28. The van der Waals surface area contributed by atoms with Crippen LogP contribution in [0, 0.1) is 13.8 Å². The molecule has 1 N–H and O–H groups in total. The molecule has 8 nitrogen and oxygen atoms in total. The quantitative estimate of drug-likeness (QED) is 0.454. The monoisotopic (exact) mass is 447 g/mol. The van der Waals surface area contributed by atoms with Crippen LogP contribution in [0.1, 0.15) is 28.4 Å². The summed E-state index contributed by atoms with van der Waals surface area (Å²) >= 11 is 1.42. The predicted octanol–water partition coefficient (Wildman–Crippen LogP) is 3.50. The van der Waals surface area contributed by atoms with E-state index in [-0.39, 0.29) is 12.3 Å². The fourth-order valence-electron chi connectivity index (χ4n) is 3.24. The molecule has 0 atom stereocenters. The number of hydrogen-bond donors (Lipinski definition) is 1. The van der Waals surface area contributed by atoms with Crippen LogP contribution in [0.4, 0.5) is 5.69 Å². The molecule has 32 heavy (non-hydrogen) atoms. The Morgan fingerprint density at radius 2 is 1.84 bits per heavy atom. The van der Waals surface area contributed by atoms with Gasteiger partial charge < -0.3 is 5.32 Å². The van der Waals surface area contributed by atoms with Crippen molar-refractivity contribution in [1.82, 2.24) is 19.2 Å². The molecule has 4 aromatic rings. The lowest BCUT2D eigenvalue weighted by atomic mass is 10.1. The van der Waals surface area contributed by atoms with Gasteiger partial charge in [0.05, 0.1) is 0 Å². The van der Waals surface area contributed by atoms with E-state index in [0.29, 0.717) is 21.9 Å². The Labute approximate surface area is 188 Å². The lowest BCUT2D eigenvalue weighted by molar-refractivity contribution is -0.117. The molecule has 0 bridgehead atoms. The number of ketones is 1. The van der Waals surface area contributed by atoms with Gasteiger partial charge in [-0.3, -0.25) is 9.59 Å². The van der Waals surface area contributed by atoms with Gasteiger partial charge in [-0.15, -0.1) is 5.10 Å². The highest BCUT2D eigenvalue weighted by molar-refractivity contribution is 7.99. The molecule has 9 heteroatoms. The van der Waals surface area contributed by atoms with Gasteiger partial charge in [0.1, 0.15) is 11.6 Å². The van der Waals surface area contributed by atoms with Crippen LogP contribution in [0.3, 0.4) is 0 Å². The Kier molecular flexibility index (Phi) is 5.91. The number of rotatable bonds is 6. The molecule has 1 amide bonds. The number of carbonyl (C=O) groups excluding carboxylic acids is 2. The van der Waals surface area contributed by atoms with Crippen molar-refractivity contribution < 1.29 is 9.59 Å². The normalized spacial score (nSPS) is 11.0. The number of amides is 1. The van der Waals surface area contributed by atoms with E-state index in [1.807, 2.05) is 26.0 Å². The highest BCUT2D eigenvalue weighted by atomic mass is 32.2. The predicted molar refractivity (Wildman–Crippen MR) is 122 cm³/mol.